The smallest absolute Gasteiger partial charge is 0.293 e. The number of benzene rings is 1. The van der Waals surface area contributed by atoms with Crippen molar-refractivity contribution in [3.63, 3.8) is 0 Å². The van der Waals surface area contributed by atoms with Gasteiger partial charge in [-0.2, -0.15) is 5.10 Å². The molecule has 30 heavy (non-hydrogen) atoms. The highest BCUT2D eigenvalue weighted by Crippen LogP contribution is 2.23. The lowest BCUT2D eigenvalue weighted by molar-refractivity contribution is 0.494. The van der Waals surface area contributed by atoms with Crippen LogP contribution in [0.2, 0.25) is 0 Å². The summed E-state index contributed by atoms with van der Waals surface area (Å²) in [5, 5.41) is 12.6. The van der Waals surface area contributed by atoms with E-state index in [1.165, 1.54) is 4.68 Å². The molecule has 0 aliphatic carbocycles. The van der Waals surface area contributed by atoms with Crippen LogP contribution in [0.1, 0.15) is 25.3 Å². The summed E-state index contributed by atoms with van der Waals surface area (Å²) in [6, 6.07) is 6.01. The summed E-state index contributed by atoms with van der Waals surface area (Å²) < 4.78 is 5.20. The average molecular weight is 407 g/mol. The molecule has 4 aromatic rings. The fraction of sp³-hybridized carbons (Fsp3) is 0.450. The van der Waals surface area contributed by atoms with Gasteiger partial charge in [0.15, 0.2) is 0 Å². The predicted octanol–water partition coefficient (Wildman–Crippen LogP) is 0.870. The number of fused-ring (bicyclic) bond motifs is 2. The lowest BCUT2D eigenvalue weighted by atomic mass is 10.1. The third-order valence-corrected chi connectivity index (χ3v) is 5.80. The summed E-state index contributed by atoms with van der Waals surface area (Å²) in [6.45, 7) is 4.70. The van der Waals surface area contributed by atoms with Gasteiger partial charge in [0, 0.05) is 32.7 Å². The van der Waals surface area contributed by atoms with E-state index < -0.39 is 0 Å². The summed E-state index contributed by atoms with van der Waals surface area (Å²) in [5.41, 5.74) is 9.91. The molecule has 10 nitrogen and oxygen atoms in total. The third-order valence-electron chi connectivity index (χ3n) is 5.80. The van der Waals surface area contributed by atoms with Gasteiger partial charge in [-0.1, -0.05) is 11.3 Å². The van der Waals surface area contributed by atoms with Gasteiger partial charge in [0.05, 0.1) is 18.3 Å². The number of anilines is 1. The fourth-order valence-electron chi connectivity index (χ4n) is 4.28. The largest absolute Gasteiger partial charge is 0.341 e. The lowest BCUT2D eigenvalue weighted by Gasteiger charge is -2.31. The highest BCUT2D eigenvalue weighted by Gasteiger charge is 2.24. The molecule has 0 amide bonds. The van der Waals surface area contributed by atoms with Gasteiger partial charge in [0.2, 0.25) is 5.95 Å². The van der Waals surface area contributed by atoms with Crippen molar-refractivity contribution in [1.29, 1.82) is 0 Å². The summed E-state index contributed by atoms with van der Waals surface area (Å²) >= 11 is 0. The molecule has 2 N–H and O–H groups in total. The number of imidazole rings is 1. The first-order valence-corrected chi connectivity index (χ1v) is 10.3. The summed E-state index contributed by atoms with van der Waals surface area (Å²) in [7, 11) is 1.85. The van der Waals surface area contributed by atoms with Crippen LogP contribution in [0.3, 0.4) is 0 Å². The Balaban J connectivity index is 1.55. The molecule has 1 aliphatic rings. The Bertz CT molecular complexity index is 1280. The van der Waals surface area contributed by atoms with E-state index in [4.69, 9.17) is 10.7 Å². The van der Waals surface area contributed by atoms with Crippen LogP contribution in [-0.4, -0.2) is 53.5 Å². The Morgan fingerprint density at radius 1 is 1.27 bits per heavy atom. The molecule has 1 aliphatic heterocycles. The van der Waals surface area contributed by atoms with Gasteiger partial charge >= 0.3 is 0 Å². The van der Waals surface area contributed by atoms with Crippen LogP contribution in [0.4, 0.5) is 5.95 Å². The Morgan fingerprint density at radius 3 is 2.93 bits per heavy atom. The second-order valence-corrected chi connectivity index (χ2v) is 7.88. The van der Waals surface area contributed by atoms with Crippen LogP contribution in [0.15, 0.2) is 29.2 Å². The first-order chi connectivity index (χ1) is 14.5. The standard InChI is InChI=1S/C20H25N9O/c1-3-28-18-16(23-20(28)27-8-4-5-14(21)12-27)10-22-29(19(18)30)11-13-6-7-17-15(9-13)24-25-26(17)2/h6-7,9-10,14H,3-5,8,11-12,21H2,1-2H3/t14-/m1/s1. The van der Waals surface area contributed by atoms with Gasteiger partial charge in [0.1, 0.15) is 16.6 Å². The maximum atomic E-state index is 13.3. The molecule has 3 aromatic heterocycles. The minimum Gasteiger partial charge on any atom is -0.341 e. The van der Waals surface area contributed by atoms with Crippen molar-refractivity contribution >= 4 is 28.0 Å². The molecular weight excluding hydrogens is 382 g/mol. The zero-order valence-electron chi connectivity index (χ0n) is 17.2. The first kappa shape index (κ1) is 18.7. The molecule has 0 saturated carbocycles. The van der Waals surface area contributed by atoms with Crippen molar-refractivity contribution in [2.24, 2.45) is 12.8 Å². The van der Waals surface area contributed by atoms with E-state index in [1.54, 1.807) is 10.9 Å². The SMILES string of the molecule is CCn1c(N2CCC[C@@H](N)C2)nc2cnn(Cc3ccc4c(c3)nnn4C)c(=O)c21. The van der Waals surface area contributed by atoms with Gasteiger partial charge in [-0.3, -0.25) is 4.79 Å². The molecule has 0 radical (unpaired) electrons. The van der Waals surface area contributed by atoms with Crippen molar-refractivity contribution in [3.05, 3.63) is 40.3 Å². The highest BCUT2D eigenvalue weighted by molar-refractivity contribution is 5.77. The van der Waals surface area contributed by atoms with Gasteiger partial charge in [-0.15, -0.1) is 5.10 Å². The number of aromatic nitrogens is 7. The Labute approximate surface area is 172 Å². The number of nitrogens with two attached hydrogens (primary N) is 1. The first-order valence-electron chi connectivity index (χ1n) is 10.3. The molecule has 5 rings (SSSR count). The van der Waals surface area contributed by atoms with Crippen LogP contribution in [0, 0.1) is 0 Å². The molecule has 1 fully saturated rings. The zero-order valence-corrected chi connectivity index (χ0v) is 17.2. The van der Waals surface area contributed by atoms with E-state index in [-0.39, 0.29) is 11.6 Å². The topological polar surface area (TPSA) is 113 Å². The molecule has 1 saturated heterocycles. The maximum Gasteiger partial charge on any atom is 0.293 e. The number of nitrogens with zero attached hydrogens (tertiary/aromatic N) is 8. The molecular formula is C20H25N9O. The molecule has 1 atom stereocenters. The third kappa shape index (κ3) is 3.04. The Kier molecular flexibility index (Phi) is 4.50. The second-order valence-electron chi connectivity index (χ2n) is 7.88. The van der Waals surface area contributed by atoms with Crippen LogP contribution in [-0.2, 0) is 20.1 Å². The van der Waals surface area contributed by atoms with Gasteiger partial charge in [-0.25, -0.2) is 14.3 Å². The number of aryl methyl sites for hydroxylation is 2. The molecule has 1 aromatic carbocycles. The molecule has 4 heterocycles. The summed E-state index contributed by atoms with van der Waals surface area (Å²) in [4.78, 5) is 20.2. The molecule has 0 bridgehead atoms. The van der Waals surface area contributed by atoms with E-state index in [1.807, 2.05) is 36.7 Å². The lowest BCUT2D eigenvalue weighted by Crippen LogP contribution is -2.44. The van der Waals surface area contributed by atoms with Crippen molar-refractivity contribution in [2.45, 2.75) is 38.9 Å². The summed E-state index contributed by atoms with van der Waals surface area (Å²) in [5.74, 6) is 0.806. The summed E-state index contributed by atoms with van der Waals surface area (Å²) in [6.07, 6.45) is 3.73. The van der Waals surface area contributed by atoms with E-state index in [0.29, 0.717) is 24.1 Å². The highest BCUT2D eigenvalue weighted by atomic mass is 16.1. The van der Waals surface area contributed by atoms with E-state index in [0.717, 1.165) is 48.5 Å². The molecule has 10 heteroatoms. The van der Waals surface area contributed by atoms with Crippen molar-refractivity contribution in [2.75, 3.05) is 18.0 Å². The number of hydrogen-bond donors (Lipinski definition) is 1. The zero-order chi connectivity index (χ0) is 20.8. The Morgan fingerprint density at radius 2 is 2.13 bits per heavy atom. The van der Waals surface area contributed by atoms with Crippen LogP contribution < -0.4 is 16.2 Å². The van der Waals surface area contributed by atoms with Gasteiger partial charge in [0.25, 0.3) is 5.56 Å². The number of piperidine rings is 1. The quantitative estimate of drug-likeness (QED) is 0.534. The van der Waals surface area contributed by atoms with Crippen LogP contribution in [0.25, 0.3) is 22.1 Å². The van der Waals surface area contributed by atoms with E-state index in [9.17, 15) is 4.79 Å². The molecule has 156 valence electrons. The van der Waals surface area contributed by atoms with Crippen molar-refractivity contribution in [1.82, 2.24) is 34.3 Å². The monoisotopic (exact) mass is 407 g/mol. The van der Waals surface area contributed by atoms with Gasteiger partial charge < -0.3 is 15.2 Å². The normalized spacial score (nSPS) is 17.3. The van der Waals surface area contributed by atoms with Crippen molar-refractivity contribution in [3.8, 4) is 0 Å². The minimum atomic E-state index is -0.145. The molecule has 0 spiro atoms. The van der Waals surface area contributed by atoms with Crippen LogP contribution >= 0.6 is 0 Å². The molecule has 0 unspecified atom stereocenters. The van der Waals surface area contributed by atoms with E-state index in [2.05, 4.69) is 20.3 Å². The fourth-order valence-corrected chi connectivity index (χ4v) is 4.28. The maximum absolute atomic E-state index is 13.3. The van der Waals surface area contributed by atoms with E-state index >= 15 is 0 Å². The average Bonchev–Trinajstić information content (AvgIpc) is 3.31. The van der Waals surface area contributed by atoms with Crippen molar-refractivity contribution < 1.29 is 0 Å². The number of hydrogen-bond acceptors (Lipinski definition) is 7. The van der Waals surface area contributed by atoms with Crippen LogP contribution in [0.5, 0.6) is 0 Å². The second kappa shape index (κ2) is 7.21. The minimum absolute atomic E-state index is 0.134. The van der Waals surface area contributed by atoms with Gasteiger partial charge in [-0.05, 0) is 37.5 Å². The predicted molar refractivity (Wildman–Crippen MR) is 114 cm³/mol. The Hall–Kier alpha value is -3.27. The number of rotatable bonds is 4.